The van der Waals surface area contributed by atoms with Crippen molar-refractivity contribution in [3.8, 4) is 0 Å². The second kappa shape index (κ2) is 3.23. The molecule has 0 saturated heterocycles. The Balaban J connectivity index is 2.28. The lowest BCUT2D eigenvalue weighted by Gasteiger charge is -2.01. The first-order chi connectivity index (χ1) is 8.83. The van der Waals surface area contributed by atoms with E-state index >= 15 is 0 Å². The predicted octanol–water partition coefficient (Wildman–Crippen LogP) is 3.45. The molecule has 0 saturated carbocycles. The summed E-state index contributed by atoms with van der Waals surface area (Å²) < 4.78 is 0. The third-order valence-corrected chi connectivity index (χ3v) is 3.36. The van der Waals surface area contributed by atoms with Crippen molar-refractivity contribution >= 4 is 38.5 Å². The van der Waals surface area contributed by atoms with E-state index < -0.39 is 0 Å². The smallest absolute Gasteiger partial charge is 0.139 e. The third-order valence-electron chi connectivity index (χ3n) is 3.36. The van der Waals surface area contributed by atoms with Crippen molar-refractivity contribution in [3.63, 3.8) is 0 Å². The summed E-state index contributed by atoms with van der Waals surface area (Å²) >= 11 is 0. The summed E-state index contributed by atoms with van der Waals surface area (Å²) in [5, 5.41) is 3.32. The molecule has 0 fully saturated rings. The van der Waals surface area contributed by atoms with Crippen LogP contribution in [0.15, 0.2) is 48.5 Å². The highest BCUT2D eigenvalue weighted by Gasteiger charge is 2.07. The van der Waals surface area contributed by atoms with Crippen molar-refractivity contribution in [2.75, 3.05) is 5.73 Å². The van der Waals surface area contributed by atoms with E-state index in [-0.39, 0.29) is 0 Å². The van der Waals surface area contributed by atoms with Crippen LogP contribution in [0.4, 0.5) is 5.69 Å². The van der Waals surface area contributed by atoms with Crippen LogP contribution in [0.3, 0.4) is 0 Å². The number of nitrogens with zero attached hydrogens (tertiary/aromatic N) is 1. The van der Waals surface area contributed by atoms with Crippen LogP contribution < -0.4 is 5.73 Å². The van der Waals surface area contributed by atoms with E-state index in [4.69, 9.17) is 5.73 Å². The van der Waals surface area contributed by atoms with Crippen molar-refractivity contribution in [2.24, 2.45) is 0 Å². The third kappa shape index (κ3) is 1.16. The molecule has 2 heterocycles. The first-order valence-corrected chi connectivity index (χ1v) is 5.88. The lowest BCUT2D eigenvalue weighted by Crippen LogP contribution is -1.88. The molecular weight excluding hydrogens is 222 g/mol. The van der Waals surface area contributed by atoms with Gasteiger partial charge in [-0.2, -0.15) is 0 Å². The largest absolute Gasteiger partial charge is 0.398 e. The van der Waals surface area contributed by atoms with Crippen LogP contribution in [0.25, 0.3) is 32.8 Å². The van der Waals surface area contributed by atoms with Gasteiger partial charge in [-0.05, 0) is 24.3 Å². The van der Waals surface area contributed by atoms with E-state index in [0.29, 0.717) is 0 Å². The highest BCUT2D eigenvalue weighted by Crippen LogP contribution is 2.29. The molecular formula is C15H11N3. The number of para-hydroxylation sites is 1. The van der Waals surface area contributed by atoms with Gasteiger partial charge < -0.3 is 10.7 Å². The van der Waals surface area contributed by atoms with Gasteiger partial charge in [0, 0.05) is 27.4 Å². The lowest BCUT2D eigenvalue weighted by atomic mass is 10.1. The minimum Gasteiger partial charge on any atom is -0.398 e. The van der Waals surface area contributed by atoms with Crippen molar-refractivity contribution < 1.29 is 0 Å². The number of pyridine rings is 1. The van der Waals surface area contributed by atoms with Crippen molar-refractivity contribution in [3.05, 3.63) is 48.5 Å². The molecule has 4 rings (SSSR count). The Morgan fingerprint density at radius 1 is 0.889 bits per heavy atom. The van der Waals surface area contributed by atoms with E-state index in [1.54, 1.807) is 0 Å². The average molecular weight is 233 g/mol. The molecule has 0 aliphatic carbocycles. The molecule has 2 aromatic heterocycles. The van der Waals surface area contributed by atoms with Crippen molar-refractivity contribution in [1.29, 1.82) is 0 Å². The van der Waals surface area contributed by atoms with Gasteiger partial charge in [-0.25, -0.2) is 4.98 Å². The first-order valence-electron chi connectivity index (χ1n) is 5.88. The number of anilines is 1. The summed E-state index contributed by atoms with van der Waals surface area (Å²) in [5.74, 6) is 0. The van der Waals surface area contributed by atoms with Crippen LogP contribution in [0.2, 0.25) is 0 Å². The highest BCUT2D eigenvalue weighted by atomic mass is 14.9. The second-order valence-corrected chi connectivity index (χ2v) is 4.47. The molecule has 2 aromatic carbocycles. The van der Waals surface area contributed by atoms with E-state index in [0.717, 1.165) is 33.1 Å². The summed E-state index contributed by atoms with van der Waals surface area (Å²) in [6.07, 6.45) is 0. The number of rotatable bonds is 0. The number of hydrogen-bond donors (Lipinski definition) is 2. The van der Waals surface area contributed by atoms with Gasteiger partial charge in [0.1, 0.15) is 5.65 Å². The zero-order chi connectivity index (χ0) is 12.1. The number of H-pyrrole nitrogens is 1. The van der Waals surface area contributed by atoms with Gasteiger partial charge in [-0.1, -0.05) is 24.3 Å². The maximum Gasteiger partial charge on any atom is 0.139 e. The molecule has 0 radical (unpaired) electrons. The molecule has 0 bridgehead atoms. The minimum absolute atomic E-state index is 0.771. The quantitative estimate of drug-likeness (QED) is 0.457. The number of aromatic nitrogens is 2. The molecule has 86 valence electrons. The lowest BCUT2D eigenvalue weighted by molar-refractivity contribution is 1.40. The van der Waals surface area contributed by atoms with Crippen LogP contribution in [0.1, 0.15) is 0 Å². The SMILES string of the molecule is Nc1cccc2nc3[nH]c4ccccc4c3cc12. The molecule has 4 aromatic rings. The topological polar surface area (TPSA) is 54.7 Å². The van der Waals surface area contributed by atoms with E-state index in [1.165, 1.54) is 5.39 Å². The molecule has 3 nitrogen and oxygen atoms in total. The monoisotopic (exact) mass is 233 g/mol. The van der Waals surface area contributed by atoms with Gasteiger partial charge in [0.05, 0.1) is 5.52 Å². The van der Waals surface area contributed by atoms with Gasteiger partial charge in [0.25, 0.3) is 0 Å². The Hall–Kier alpha value is -2.55. The summed E-state index contributed by atoms with van der Waals surface area (Å²) in [4.78, 5) is 7.98. The Bertz CT molecular complexity index is 890. The van der Waals surface area contributed by atoms with Crippen molar-refractivity contribution in [2.45, 2.75) is 0 Å². The Kier molecular flexibility index (Phi) is 1.70. The van der Waals surface area contributed by atoms with Gasteiger partial charge in [-0.15, -0.1) is 0 Å². The van der Waals surface area contributed by atoms with E-state index in [9.17, 15) is 0 Å². The molecule has 0 amide bonds. The molecule has 3 heteroatoms. The van der Waals surface area contributed by atoms with Crippen LogP contribution in [-0.2, 0) is 0 Å². The number of benzene rings is 2. The fraction of sp³-hybridized carbons (Fsp3) is 0. The Labute approximate surface area is 103 Å². The molecule has 0 aliphatic heterocycles. The normalized spacial score (nSPS) is 11.6. The van der Waals surface area contributed by atoms with E-state index in [1.807, 2.05) is 30.3 Å². The molecule has 0 unspecified atom stereocenters. The molecule has 0 spiro atoms. The van der Waals surface area contributed by atoms with Crippen LogP contribution >= 0.6 is 0 Å². The van der Waals surface area contributed by atoms with Gasteiger partial charge in [0.2, 0.25) is 0 Å². The van der Waals surface area contributed by atoms with E-state index in [2.05, 4.69) is 28.2 Å². The van der Waals surface area contributed by atoms with Crippen LogP contribution in [0.5, 0.6) is 0 Å². The van der Waals surface area contributed by atoms with Gasteiger partial charge >= 0.3 is 0 Å². The average Bonchev–Trinajstić information content (AvgIpc) is 2.75. The number of hydrogen-bond acceptors (Lipinski definition) is 2. The standard InChI is InChI=1S/C15H11N3/c16-12-5-3-7-14-11(12)8-10-9-4-1-2-6-13(9)17-15(10)18-14/h1-8H,16H2,(H,17,18). The number of fused-ring (bicyclic) bond motifs is 4. The first kappa shape index (κ1) is 9.48. The predicted molar refractivity (Wildman–Crippen MR) is 75.5 cm³/mol. The highest BCUT2D eigenvalue weighted by molar-refractivity contribution is 6.10. The summed E-state index contributed by atoms with van der Waals surface area (Å²) in [7, 11) is 0. The fourth-order valence-corrected chi connectivity index (χ4v) is 2.47. The van der Waals surface area contributed by atoms with Crippen LogP contribution in [0, 0.1) is 0 Å². The zero-order valence-electron chi connectivity index (χ0n) is 9.64. The summed E-state index contributed by atoms with van der Waals surface area (Å²) in [6, 6.07) is 16.2. The second-order valence-electron chi connectivity index (χ2n) is 4.47. The van der Waals surface area contributed by atoms with Gasteiger partial charge in [-0.3, -0.25) is 0 Å². The Morgan fingerprint density at radius 2 is 1.78 bits per heavy atom. The molecule has 18 heavy (non-hydrogen) atoms. The number of aromatic amines is 1. The molecule has 0 atom stereocenters. The molecule has 3 N–H and O–H groups in total. The molecule has 0 aliphatic rings. The maximum absolute atomic E-state index is 6.01. The summed E-state index contributed by atoms with van der Waals surface area (Å²) in [5.41, 5.74) is 9.72. The number of nitrogens with one attached hydrogen (secondary N) is 1. The minimum atomic E-state index is 0.771. The maximum atomic E-state index is 6.01. The number of nitrogens with two attached hydrogens (primary N) is 1. The van der Waals surface area contributed by atoms with Gasteiger partial charge in [0.15, 0.2) is 0 Å². The zero-order valence-corrected chi connectivity index (χ0v) is 9.64. The Morgan fingerprint density at radius 3 is 2.72 bits per heavy atom. The fourth-order valence-electron chi connectivity index (χ4n) is 2.47. The van der Waals surface area contributed by atoms with Crippen molar-refractivity contribution in [1.82, 2.24) is 9.97 Å². The van der Waals surface area contributed by atoms with Crippen LogP contribution in [-0.4, -0.2) is 9.97 Å². The number of nitrogen functional groups attached to an aromatic ring is 1. The summed E-state index contributed by atoms with van der Waals surface area (Å²) in [6.45, 7) is 0.